The van der Waals surface area contributed by atoms with Crippen molar-refractivity contribution >= 4 is 29.1 Å². The van der Waals surface area contributed by atoms with Crippen molar-refractivity contribution in [3.63, 3.8) is 0 Å². The largest absolute Gasteiger partial charge is 0.353 e. The molecule has 0 spiro atoms. The van der Waals surface area contributed by atoms with Gasteiger partial charge in [0.15, 0.2) is 0 Å². The van der Waals surface area contributed by atoms with Crippen LogP contribution in [-0.4, -0.2) is 47.0 Å². The number of halogens is 2. The van der Waals surface area contributed by atoms with Crippen molar-refractivity contribution in [3.8, 4) is 11.3 Å². The van der Waals surface area contributed by atoms with Crippen molar-refractivity contribution in [2.24, 2.45) is 0 Å². The quantitative estimate of drug-likeness (QED) is 0.638. The van der Waals surface area contributed by atoms with Crippen molar-refractivity contribution in [1.82, 2.24) is 19.9 Å². The van der Waals surface area contributed by atoms with E-state index in [-0.39, 0.29) is 10.7 Å². The van der Waals surface area contributed by atoms with Crippen molar-refractivity contribution < 1.29 is 4.39 Å². The molecule has 2 N–H and O–H groups in total. The van der Waals surface area contributed by atoms with E-state index >= 15 is 0 Å². The first-order valence-corrected chi connectivity index (χ1v) is 8.80. The molecule has 0 amide bonds. The fourth-order valence-electron chi connectivity index (χ4n) is 2.39. The van der Waals surface area contributed by atoms with E-state index in [2.05, 4.69) is 30.5 Å². The van der Waals surface area contributed by atoms with Crippen molar-refractivity contribution in [2.75, 3.05) is 37.8 Å². The van der Waals surface area contributed by atoms with Crippen LogP contribution in [0.5, 0.6) is 0 Å². The van der Waals surface area contributed by atoms with Gasteiger partial charge in [0, 0.05) is 37.1 Å². The molecule has 0 aliphatic heterocycles. The second kappa shape index (κ2) is 8.75. The van der Waals surface area contributed by atoms with Crippen LogP contribution < -0.4 is 10.6 Å². The Hall–Kier alpha value is -2.77. The van der Waals surface area contributed by atoms with Gasteiger partial charge in [-0.3, -0.25) is 4.98 Å². The van der Waals surface area contributed by atoms with E-state index in [1.54, 1.807) is 30.6 Å². The Bertz CT molecular complexity index is 884. The number of rotatable bonds is 7. The predicted octanol–water partition coefficient (Wildman–Crippen LogP) is 4.05. The lowest BCUT2D eigenvalue weighted by Gasteiger charge is -2.14. The highest BCUT2D eigenvalue weighted by Crippen LogP contribution is 2.29. The van der Waals surface area contributed by atoms with E-state index in [0.717, 1.165) is 12.1 Å². The molecule has 0 fully saturated rings. The lowest BCUT2D eigenvalue weighted by molar-refractivity contribution is 0.425. The normalized spacial score (nSPS) is 10.9. The average Bonchev–Trinajstić information content (AvgIpc) is 2.65. The number of hydrogen-bond donors (Lipinski definition) is 2. The van der Waals surface area contributed by atoms with E-state index in [9.17, 15) is 4.39 Å². The smallest absolute Gasteiger partial charge is 0.225 e. The van der Waals surface area contributed by atoms with Crippen LogP contribution in [0.2, 0.25) is 5.02 Å². The lowest BCUT2D eigenvalue weighted by atomic mass is 10.2. The van der Waals surface area contributed by atoms with Gasteiger partial charge in [0.2, 0.25) is 5.95 Å². The third-order valence-corrected chi connectivity index (χ3v) is 4.06. The van der Waals surface area contributed by atoms with E-state index in [0.29, 0.717) is 24.0 Å². The van der Waals surface area contributed by atoms with Gasteiger partial charge in [-0.25, -0.2) is 9.37 Å². The predicted molar refractivity (Wildman–Crippen MR) is 107 cm³/mol. The molecule has 0 aliphatic carbocycles. The summed E-state index contributed by atoms with van der Waals surface area (Å²) in [4.78, 5) is 15.2. The molecule has 0 atom stereocenters. The molecule has 3 rings (SSSR count). The molecule has 2 aromatic heterocycles. The van der Waals surface area contributed by atoms with Gasteiger partial charge in [-0.2, -0.15) is 4.98 Å². The Morgan fingerprint density at radius 1 is 1.15 bits per heavy atom. The van der Waals surface area contributed by atoms with Crippen LogP contribution in [0.4, 0.5) is 21.8 Å². The SMILES string of the molecule is CN(C)CCNc1nc(Nc2c(F)cccc2Cl)cc(-c2cccnc2)n1. The van der Waals surface area contributed by atoms with E-state index in [1.807, 2.05) is 26.2 Å². The summed E-state index contributed by atoms with van der Waals surface area (Å²) in [5.41, 5.74) is 1.67. The maximum absolute atomic E-state index is 14.1. The van der Waals surface area contributed by atoms with Gasteiger partial charge in [0.1, 0.15) is 11.6 Å². The average molecular weight is 387 g/mol. The minimum Gasteiger partial charge on any atom is -0.353 e. The highest BCUT2D eigenvalue weighted by atomic mass is 35.5. The number of anilines is 3. The molecule has 27 heavy (non-hydrogen) atoms. The number of likely N-dealkylation sites (N-methyl/N-ethyl adjacent to an activating group) is 1. The summed E-state index contributed by atoms with van der Waals surface area (Å²) in [6.07, 6.45) is 3.41. The Balaban J connectivity index is 1.94. The zero-order valence-electron chi connectivity index (χ0n) is 15.1. The third kappa shape index (κ3) is 5.12. The van der Waals surface area contributed by atoms with E-state index in [4.69, 9.17) is 11.6 Å². The molecule has 2 heterocycles. The third-order valence-electron chi connectivity index (χ3n) is 3.74. The van der Waals surface area contributed by atoms with Crippen LogP contribution in [0.1, 0.15) is 0 Å². The first kappa shape index (κ1) is 19.0. The Kier molecular flexibility index (Phi) is 6.16. The van der Waals surface area contributed by atoms with Crippen LogP contribution in [0.25, 0.3) is 11.3 Å². The molecule has 140 valence electrons. The number of pyridine rings is 1. The van der Waals surface area contributed by atoms with Gasteiger partial charge in [0.05, 0.1) is 16.4 Å². The molecular formula is C19H20ClFN6. The number of nitrogens with one attached hydrogen (secondary N) is 2. The summed E-state index contributed by atoms with van der Waals surface area (Å²) >= 11 is 6.12. The molecule has 3 aromatic rings. The molecular weight excluding hydrogens is 367 g/mol. The summed E-state index contributed by atoms with van der Waals surface area (Å²) < 4.78 is 14.1. The topological polar surface area (TPSA) is 66.0 Å². The van der Waals surface area contributed by atoms with Crippen LogP contribution in [0.3, 0.4) is 0 Å². The molecule has 0 aliphatic rings. The van der Waals surface area contributed by atoms with Gasteiger partial charge in [-0.05, 0) is 38.4 Å². The van der Waals surface area contributed by atoms with Crippen molar-refractivity contribution in [3.05, 3.63) is 59.6 Å². The molecule has 1 aromatic carbocycles. The Morgan fingerprint density at radius 3 is 2.70 bits per heavy atom. The van der Waals surface area contributed by atoms with Crippen LogP contribution in [-0.2, 0) is 0 Å². The van der Waals surface area contributed by atoms with Gasteiger partial charge in [0.25, 0.3) is 0 Å². The number of hydrogen-bond acceptors (Lipinski definition) is 6. The number of para-hydroxylation sites is 1. The minimum absolute atomic E-state index is 0.175. The maximum Gasteiger partial charge on any atom is 0.225 e. The van der Waals surface area contributed by atoms with E-state index in [1.165, 1.54) is 6.07 Å². The molecule has 0 bridgehead atoms. The van der Waals surface area contributed by atoms with Crippen molar-refractivity contribution in [2.45, 2.75) is 0 Å². The summed E-state index contributed by atoms with van der Waals surface area (Å²) in [6, 6.07) is 9.98. The van der Waals surface area contributed by atoms with Gasteiger partial charge < -0.3 is 15.5 Å². The van der Waals surface area contributed by atoms with Gasteiger partial charge >= 0.3 is 0 Å². The Labute approximate surface area is 162 Å². The molecule has 8 heteroatoms. The first-order valence-electron chi connectivity index (χ1n) is 8.42. The molecule has 0 saturated carbocycles. The van der Waals surface area contributed by atoms with Crippen LogP contribution in [0, 0.1) is 5.82 Å². The maximum atomic E-state index is 14.1. The summed E-state index contributed by atoms with van der Waals surface area (Å²) in [5, 5.41) is 6.43. The second-order valence-corrected chi connectivity index (χ2v) is 6.56. The first-order chi connectivity index (χ1) is 13.0. The lowest BCUT2D eigenvalue weighted by Crippen LogP contribution is -2.21. The minimum atomic E-state index is -0.453. The van der Waals surface area contributed by atoms with Crippen LogP contribution >= 0.6 is 11.6 Å². The standard InChI is InChI=1S/C19H20ClFN6/c1-27(2)10-9-23-19-24-16(13-5-4-8-22-12-13)11-17(26-19)25-18-14(20)6-3-7-15(18)21/h3-8,11-12H,9-10H2,1-2H3,(H2,23,24,25,26). The highest BCUT2D eigenvalue weighted by Gasteiger charge is 2.11. The number of nitrogens with zero attached hydrogens (tertiary/aromatic N) is 4. The fraction of sp³-hybridized carbons (Fsp3) is 0.211. The molecule has 6 nitrogen and oxygen atoms in total. The molecule has 0 saturated heterocycles. The monoisotopic (exact) mass is 386 g/mol. The second-order valence-electron chi connectivity index (χ2n) is 6.16. The fourth-order valence-corrected chi connectivity index (χ4v) is 2.60. The number of aromatic nitrogens is 3. The molecule has 0 radical (unpaired) electrons. The zero-order chi connectivity index (χ0) is 19.2. The summed E-state index contributed by atoms with van der Waals surface area (Å²) in [5.74, 6) is 0.419. The highest BCUT2D eigenvalue weighted by molar-refractivity contribution is 6.33. The number of benzene rings is 1. The van der Waals surface area contributed by atoms with E-state index < -0.39 is 5.82 Å². The van der Waals surface area contributed by atoms with Gasteiger partial charge in [-0.15, -0.1) is 0 Å². The van der Waals surface area contributed by atoms with Crippen LogP contribution in [0.15, 0.2) is 48.8 Å². The Morgan fingerprint density at radius 2 is 2.00 bits per heavy atom. The summed E-state index contributed by atoms with van der Waals surface area (Å²) in [6.45, 7) is 1.49. The molecule has 0 unspecified atom stereocenters. The summed E-state index contributed by atoms with van der Waals surface area (Å²) in [7, 11) is 3.98. The van der Waals surface area contributed by atoms with Gasteiger partial charge in [-0.1, -0.05) is 17.7 Å². The van der Waals surface area contributed by atoms with Crippen molar-refractivity contribution in [1.29, 1.82) is 0 Å². The zero-order valence-corrected chi connectivity index (χ0v) is 15.8.